The number of aliphatic imine (C=N–C) groups is 1. The lowest BCUT2D eigenvalue weighted by Crippen LogP contribution is -2.30. The predicted octanol–water partition coefficient (Wildman–Crippen LogP) is -1.31. The molecule has 1 amide bonds. The quantitative estimate of drug-likeness (QED) is 0.464. The van der Waals surface area contributed by atoms with Crippen molar-refractivity contribution in [3.05, 3.63) is 0 Å². The Bertz CT molecular complexity index is 183. The van der Waals surface area contributed by atoms with Crippen molar-refractivity contribution in [1.29, 1.82) is 0 Å². The fourth-order valence-electron chi connectivity index (χ4n) is 0.403. The number of amidine groups is 1. The fraction of sp³-hybridized carbons (Fsp3) is 0.250. The molecule has 9 heavy (non-hydrogen) atoms. The second-order valence-electron chi connectivity index (χ2n) is 1.36. The summed E-state index contributed by atoms with van der Waals surface area (Å²) < 4.78 is 0. The zero-order valence-corrected chi connectivity index (χ0v) is 4.83. The van der Waals surface area contributed by atoms with Gasteiger partial charge in [-0.05, 0) is 0 Å². The maximum atomic E-state index is 10.6. The van der Waals surface area contributed by atoms with Crippen molar-refractivity contribution in [1.82, 2.24) is 10.7 Å². The minimum Gasteiger partial charge on any atom is -0.352 e. The zero-order chi connectivity index (χ0) is 6.69. The van der Waals surface area contributed by atoms with Gasteiger partial charge in [-0.2, -0.15) is 0 Å². The average Bonchev–Trinajstić information content (AvgIpc) is 2.37. The Morgan fingerprint density at radius 1 is 1.78 bits per heavy atom. The Morgan fingerprint density at radius 3 is 3.00 bits per heavy atom. The topological polar surface area (TPSA) is 67.9 Å². The predicted molar refractivity (Wildman–Crippen MR) is 32.1 cm³/mol. The molecule has 0 fully saturated rings. The summed E-state index contributed by atoms with van der Waals surface area (Å²) in [6.45, 7) is 0. The number of carbonyl (C=O) groups is 1. The van der Waals surface area contributed by atoms with Crippen molar-refractivity contribution in [2.75, 3.05) is 7.05 Å². The van der Waals surface area contributed by atoms with E-state index in [0.29, 0.717) is 0 Å². The van der Waals surface area contributed by atoms with E-state index in [1.54, 1.807) is 0 Å². The second-order valence-corrected chi connectivity index (χ2v) is 1.36. The Kier molecular flexibility index (Phi) is 1.44. The van der Waals surface area contributed by atoms with Crippen LogP contribution in [-0.4, -0.2) is 25.1 Å². The molecule has 0 unspecified atom stereocenters. The molecular formula is C4H5N4O. The van der Waals surface area contributed by atoms with Gasteiger partial charge >= 0.3 is 0 Å². The van der Waals surface area contributed by atoms with Gasteiger partial charge in [0.2, 0.25) is 5.84 Å². The summed E-state index contributed by atoms with van der Waals surface area (Å²) in [5, 5.41) is 5.73. The van der Waals surface area contributed by atoms with E-state index >= 15 is 0 Å². The molecule has 0 aromatic carbocycles. The molecule has 47 valence electrons. The number of amides is 1. The van der Waals surface area contributed by atoms with Crippen LogP contribution in [0.15, 0.2) is 10.1 Å². The summed E-state index contributed by atoms with van der Waals surface area (Å²) in [4.78, 5) is 14.2. The number of rotatable bonds is 1. The molecule has 1 aliphatic rings. The Labute approximate surface area is 51.9 Å². The summed E-state index contributed by atoms with van der Waals surface area (Å²) in [6, 6.07) is 0. The van der Waals surface area contributed by atoms with Crippen LogP contribution in [0, 0.1) is 0 Å². The maximum Gasteiger partial charge on any atom is 0.290 e. The minimum absolute atomic E-state index is 0.109. The monoisotopic (exact) mass is 125 g/mol. The van der Waals surface area contributed by atoms with Crippen LogP contribution in [0.4, 0.5) is 0 Å². The van der Waals surface area contributed by atoms with E-state index in [4.69, 9.17) is 0 Å². The van der Waals surface area contributed by atoms with E-state index in [0.717, 1.165) is 0 Å². The van der Waals surface area contributed by atoms with E-state index in [2.05, 4.69) is 20.8 Å². The van der Waals surface area contributed by atoms with Gasteiger partial charge in [0.25, 0.3) is 5.91 Å². The largest absolute Gasteiger partial charge is 0.352 e. The lowest BCUT2D eigenvalue weighted by Gasteiger charge is -1.92. The first-order valence-corrected chi connectivity index (χ1v) is 2.37. The summed E-state index contributed by atoms with van der Waals surface area (Å²) in [6.07, 6.45) is 1.23. The van der Waals surface area contributed by atoms with Gasteiger partial charge in [-0.1, -0.05) is 0 Å². The molecular weight excluding hydrogens is 120 g/mol. The SMILES string of the molecule is CNC(=O)C1=NC=N[N]1. The molecule has 5 heteroatoms. The third-order valence-electron chi connectivity index (χ3n) is 0.814. The van der Waals surface area contributed by atoms with Crippen LogP contribution < -0.4 is 10.7 Å². The highest BCUT2D eigenvalue weighted by molar-refractivity contribution is 6.39. The van der Waals surface area contributed by atoms with Gasteiger partial charge in [-0.15, -0.1) is 10.5 Å². The molecule has 0 atom stereocenters. The Balaban J connectivity index is 2.55. The van der Waals surface area contributed by atoms with Crippen molar-refractivity contribution >= 4 is 18.1 Å². The highest BCUT2D eigenvalue weighted by Gasteiger charge is 2.11. The lowest BCUT2D eigenvalue weighted by atomic mass is 10.5. The maximum absolute atomic E-state index is 10.6. The van der Waals surface area contributed by atoms with Gasteiger partial charge in [0.05, 0.1) is 0 Å². The molecule has 1 N–H and O–H groups in total. The van der Waals surface area contributed by atoms with Gasteiger partial charge < -0.3 is 5.32 Å². The van der Waals surface area contributed by atoms with Gasteiger partial charge in [-0.25, -0.2) is 4.99 Å². The Hall–Kier alpha value is -1.39. The van der Waals surface area contributed by atoms with Crippen LogP contribution >= 0.6 is 0 Å². The van der Waals surface area contributed by atoms with Crippen LogP contribution in [0.2, 0.25) is 0 Å². The summed E-state index contributed by atoms with van der Waals surface area (Å²) >= 11 is 0. The van der Waals surface area contributed by atoms with Crippen LogP contribution in [0.3, 0.4) is 0 Å². The van der Waals surface area contributed by atoms with Gasteiger partial charge in [0.1, 0.15) is 6.34 Å². The normalized spacial score (nSPS) is 14.6. The molecule has 0 saturated carbocycles. The summed E-state index contributed by atoms with van der Waals surface area (Å²) in [7, 11) is 1.51. The first kappa shape index (κ1) is 5.74. The highest BCUT2D eigenvalue weighted by Crippen LogP contribution is 1.82. The number of hydrogen-bond donors (Lipinski definition) is 1. The minimum atomic E-state index is -0.312. The number of hydrogen-bond acceptors (Lipinski definition) is 3. The van der Waals surface area contributed by atoms with E-state index in [9.17, 15) is 4.79 Å². The number of likely N-dealkylation sites (N-methyl/N-ethyl adjacent to an activating group) is 1. The third-order valence-corrected chi connectivity index (χ3v) is 0.814. The molecule has 0 spiro atoms. The molecule has 1 radical (unpaired) electrons. The van der Waals surface area contributed by atoms with Crippen molar-refractivity contribution in [2.45, 2.75) is 0 Å². The van der Waals surface area contributed by atoms with Crippen LogP contribution in [0.1, 0.15) is 0 Å². The third kappa shape index (κ3) is 1.04. The standard InChI is InChI=1S/C4H5N4O/c1-5-4(9)3-6-2-7-8-3/h2H,1H3,(H,5,9). The van der Waals surface area contributed by atoms with Gasteiger partial charge in [0, 0.05) is 7.05 Å². The molecule has 1 heterocycles. The first-order chi connectivity index (χ1) is 4.34. The smallest absolute Gasteiger partial charge is 0.290 e. The Morgan fingerprint density at radius 2 is 2.56 bits per heavy atom. The first-order valence-electron chi connectivity index (χ1n) is 2.37. The molecule has 0 bridgehead atoms. The zero-order valence-electron chi connectivity index (χ0n) is 4.83. The molecule has 5 nitrogen and oxygen atoms in total. The van der Waals surface area contributed by atoms with Gasteiger partial charge in [-0.3, -0.25) is 4.79 Å². The fourth-order valence-corrected chi connectivity index (χ4v) is 0.403. The molecule has 0 aromatic heterocycles. The van der Waals surface area contributed by atoms with E-state index < -0.39 is 0 Å². The summed E-state index contributed by atoms with van der Waals surface area (Å²) in [5.74, 6) is -0.204. The van der Waals surface area contributed by atoms with E-state index in [-0.39, 0.29) is 11.7 Å². The van der Waals surface area contributed by atoms with Crippen molar-refractivity contribution < 1.29 is 4.79 Å². The lowest BCUT2D eigenvalue weighted by molar-refractivity contribution is -0.114. The molecule has 0 saturated heterocycles. The molecule has 0 aromatic rings. The average molecular weight is 125 g/mol. The molecule has 1 aliphatic heterocycles. The number of nitrogens with one attached hydrogen (secondary N) is 1. The second kappa shape index (κ2) is 2.25. The van der Waals surface area contributed by atoms with Gasteiger partial charge in [0.15, 0.2) is 0 Å². The number of nitrogens with zero attached hydrogens (tertiary/aromatic N) is 3. The van der Waals surface area contributed by atoms with Crippen molar-refractivity contribution in [3.8, 4) is 0 Å². The van der Waals surface area contributed by atoms with E-state index in [1.165, 1.54) is 13.4 Å². The molecule has 1 rings (SSSR count). The molecule has 0 aliphatic carbocycles. The van der Waals surface area contributed by atoms with Crippen LogP contribution in [0.5, 0.6) is 0 Å². The van der Waals surface area contributed by atoms with E-state index in [1.807, 2.05) is 0 Å². The van der Waals surface area contributed by atoms with Crippen LogP contribution in [-0.2, 0) is 4.79 Å². The van der Waals surface area contributed by atoms with Crippen molar-refractivity contribution in [3.63, 3.8) is 0 Å². The summed E-state index contributed by atoms with van der Waals surface area (Å²) in [5.41, 5.74) is 3.41. The highest BCUT2D eigenvalue weighted by atomic mass is 16.2. The van der Waals surface area contributed by atoms with Crippen molar-refractivity contribution in [2.24, 2.45) is 10.1 Å². The number of carbonyl (C=O) groups excluding carboxylic acids is 1. The van der Waals surface area contributed by atoms with Crippen LogP contribution in [0.25, 0.3) is 0 Å².